The fraction of sp³-hybridized carbons (Fsp3) is 0.355. The molecule has 226 valence electrons. The van der Waals surface area contributed by atoms with E-state index in [1.807, 2.05) is 24.3 Å². The average molecular weight is 627 g/mol. The largest absolute Gasteiger partial charge is 0.494 e. The van der Waals surface area contributed by atoms with E-state index in [2.05, 4.69) is 15.3 Å². The minimum atomic E-state index is -1.48. The van der Waals surface area contributed by atoms with Crippen LogP contribution in [-0.4, -0.2) is 55.9 Å². The summed E-state index contributed by atoms with van der Waals surface area (Å²) in [5, 5.41) is 16.6. The van der Waals surface area contributed by atoms with Crippen molar-refractivity contribution in [3.05, 3.63) is 109 Å². The Morgan fingerprint density at radius 3 is 2.58 bits per heavy atom. The third kappa shape index (κ3) is 7.98. The zero-order chi connectivity index (χ0) is 30.7. The highest BCUT2D eigenvalue weighted by Gasteiger charge is 2.54. The van der Waals surface area contributed by atoms with Gasteiger partial charge < -0.3 is 24.6 Å². The quantitative estimate of drug-likeness (QED) is 0.0893. The minimum absolute atomic E-state index is 0.0407. The summed E-state index contributed by atoms with van der Waals surface area (Å²) in [6.45, 7) is 1.37. The van der Waals surface area contributed by atoms with Crippen LogP contribution < -0.4 is 10.1 Å². The molecule has 0 bridgehead atoms. The zero-order valence-electron chi connectivity index (χ0n) is 23.7. The van der Waals surface area contributed by atoms with Gasteiger partial charge in [-0.15, -0.1) is 0 Å². The molecule has 0 fully saturated rings. The van der Waals surface area contributed by atoms with Gasteiger partial charge in [0.1, 0.15) is 5.75 Å². The van der Waals surface area contributed by atoms with Gasteiger partial charge in [0.2, 0.25) is 5.90 Å². The molecular weight excluding hydrogens is 593 g/mol. The van der Waals surface area contributed by atoms with Crippen molar-refractivity contribution in [2.45, 2.75) is 37.5 Å². The van der Waals surface area contributed by atoms with Crippen LogP contribution in [-0.2, 0) is 27.2 Å². The zero-order valence-corrected chi connectivity index (χ0v) is 25.2. The monoisotopic (exact) mass is 625 g/mol. The van der Waals surface area contributed by atoms with Crippen LogP contribution in [0.2, 0.25) is 10.0 Å². The number of hydrogen-bond acceptors (Lipinski definition) is 7. The van der Waals surface area contributed by atoms with Crippen LogP contribution in [0.3, 0.4) is 0 Å². The van der Waals surface area contributed by atoms with Gasteiger partial charge in [0.25, 0.3) is 5.91 Å². The molecule has 3 aromatic carbocycles. The predicted octanol–water partition coefficient (Wildman–Crippen LogP) is 6.22. The number of amides is 1. The van der Waals surface area contributed by atoms with Crippen LogP contribution in [0.1, 0.15) is 41.2 Å². The number of carbonyl (C=O) groups excluding carboxylic acids is 1. The van der Waals surface area contributed by atoms with Gasteiger partial charge in [0.05, 0.1) is 13.2 Å². The number of hydrogen-bond donors (Lipinski definition) is 2. The highest BCUT2D eigenvalue weighted by Crippen LogP contribution is 2.45. The number of carbonyl (C=O) groups is 1. The van der Waals surface area contributed by atoms with Crippen LogP contribution in [0.4, 0.5) is 0 Å². The number of methoxy groups -OCH3 is 1. The fourth-order valence-electron chi connectivity index (χ4n) is 4.83. The fourth-order valence-corrected chi connectivity index (χ4v) is 5.33. The number of rotatable bonds is 15. The van der Waals surface area contributed by atoms with Crippen molar-refractivity contribution in [3.8, 4) is 5.75 Å². The number of aliphatic hydroxyl groups excluding tert-OH is 1. The molecule has 0 radical (unpaired) electrons. The summed E-state index contributed by atoms with van der Waals surface area (Å²) in [4.78, 5) is 22.2. The van der Waals surface area contributed by atoms with Crippen molar-refractivity contribution in [2.24, 2.45) is 10.1 Å². The van der Waals surface area contributed by atoms with E-state index in [4.69, 9.17) is 53.0 Å². The molecule has 1 amide bonds. The second kappa shape index (κ2) is 15.6. The Hall–Kier alpha value is -3.79. The van der Waals surface area contributed by atoms with Crippen molar-refractivity contribution < 1.29 is 24.1 Å². The van der Waals surface area contributed by atoms with Gasteiger partial charge in [-0.2, -0.15) is 0 Å². The number of nitrogens with one attached hydrogen (secondary N) is 1. The first-order chi connectivity index (χ1) is 20.9. The van der Waals surface area contributed by atoms with Gasteiger partial charge in [-0.1, -0.05) is 58.6 Å². The maximum absolute atomic E-state index is 14.3. The van der Waals surface area contributed by atoms with Gasteiger partial charge in [0.15, 0.2) is 11.6 Å². The number of benzene rings is 3. The van der Waals surface area contributed by atoms with Crippen LogP contribution in [0.15, 0.2) is 76.8 Å². The van der Waals surface area contributed by atoms with Crippen molar-refractivity contribution in [3.63, 3.8) is 0 Å². The van der Waals surface area contributed by atoms with Crippen molar-refractivity contribution in [1.29, 1.82) is 0 Å². The van der Waals surface area contributed by atoms with E-state index in [1.54, 1.807) is 49.6 Å². The molecule has 0 spiro atoms. The Kier molecular flexibility index (Phi) is 11.7. The second-order valence-electron chi connectivity index (χ2n) is 9.89. The van der Waals surface area contributed by atoms with Crippen molar-refractivity contribution >= 4 is 35.0 Å². The third-order valence-electron chi connectivity index (χ3n) is 6.97. The number of nitrogens with zero attached hydrogens (tertiary/aromatic N) is 4. The van der Waals surface area contributed by atoms with Crippen LogP contribution in [0.25, 0.3) is 10.4 Å². The van der Waals surface area contributed by atoms with Crippen molar-refractivity contribution in [1.82, 2.24) is 5.32 Å². The van der Waals surface area contributed by atoms with E-state index < -0.39 is 11.6 Å². The average Bonchev–Trinajstić information content (AvgIpc) is 3.39. The molecule has 0 aliphatic carbocycles. The molecule has 0 aromatic heterocycles. The molecular formula is C31H33Cl2N5O5. The van der Waals surface area contributed by atoms with E-state index >= 15 is 0 Å². The highest BCUT2D eigenvalue weighted by atomic mass is 35.5. The van der Waals surface area contributed by atoms with E-state index in [9.17, 15) is 4.79 Å². The Morgan fingerprint density at radius 1 is 1.12 bits per heavy atom. The minimum Gasteiger partial charge on any atom is -0.494 e. The highest BCUT2D eigenvalue weighted by molar-refractivity contribution is 6.35. The van der Waals surface area contributed by atoms with Gasteiger partial charge in [-0.25, -0.2) is 4.99 Å². The Labute approximate surface area is 260 Å². The summed E-state index contributed by atoms with van der Waals surface area (Å²) in [6.07, 6.45) is 0.343. The van der Waals surface area contributed by atoms with Crippen LogP contribution in [0.5, 0.6) is 5.75 Å². The smallest absolute Gasteiger partial charge is 0.252 e. The molecule has 4 rings (SSSR count). The number of ether oxygens (including phenoxy) is 3. The summed E-state index contributed by atoms with van der Waals surface area (Å²) in [5.41, 5.74) is 10.2. The van der Waals surface area contributed by atoms with Gasteiger partial charge >= 0.3 is 0 Å². The summed E-state index contributed by atoms with van der Waals surface area (Å²) in [5.74, 6) is 0.539. The number of halogens is 2. The van der Waals surface area contributed by atoms with E-state index in [-0.39, 0.29) is 31.4 Å². The predicted molar refractivity (Wildman–Crippen MR) is 166 cm³/mol. The van der Waals surface area contributed by atoms with Crippen LogP contribution in [0, 0.1) is 0 Å². The molecule has 0 unspecified atom stereocenters. The lowest BCUT2D eigenvalue weighted by Gasteiger charge is -2.32. The molecule has 1 aliphatic heterocycles. The summed E-state index contributed by atoms with van der Waals surface area (Å²) in [6, 6.07) is 19.7. The number of aliphatic imine (C=N–C) groups is 1. The Morgan fingerprint density at radius 2 is 1.88 bits per heavy atom. The molecule has 0 saturated heterocycles. The van der Waals surface area contributed by atoms with Crippen LogP contribution >= 0.6 is 23.2 Å². The van der Waals surface area contributed by atoms with Gasteiger partial charge in [-0.05, 0) is 59.5 Å². The molecule has 1 heterocycles. The Balaban J connectivity index is 1.82. The lowest BCUT2D eigenvalue weighted by atomic mass is 9.80. The van der Waals surface area contributed by atoms with E-state index in [0.717, 1.165) is 11.1 Å². The van der Waals surface area contributed by atoms with Crippen molar-refractivity contribution in [2.75, 3.05) is 33.5 Å². The maximum atomic E-state index is 14.3. The lowest BCUT2D eigenvalue weighted by Crippen LogP contribution is -2.50. The first kappa shape index (κ1) is 32.1. The molecule has 0 saturated carbocycles. The molecule has 3 aromatic rings. The second-order valence-corrected chi connectivity index (χ2v) is 10.7. The summed E-state index contributed by atoms with van der Waals surface area (Å²) < 4.78 is 17.4. The lowest BCUT2D eigenvalue weighted by molar-refractivity contribution is -0.129. The summed E-state index contributed by atoms with van der Waals surface area (Å²) in [7, 11) is 1.60. The molecule has 12 heteroatoms. The topological polar surface area (TPSA) is 138 Å². The molecule has 1 aliphatic rings. The number of azide groups is 1. The first-order valence-corrected chi connectivity index (χ1v) is 14.6. The number of aliphatic hydroxyl groups is 1. The maximum Gasteiger partial charge on any atom is 0.252 e. The van der Waals surface area contributed by atoms with Gasteiger partial charge in [-0.3, -0.25) is 4.79 Å². The Bertz CT molecular complexity index is 1480. The molecule has 10 nitrogen and oxygen atoms in total. The normalized spacial score (nSPS) is 17.5. The standard InChI is InChI=1S/C31H33Cl2N5O5/c1-41-16-4-14-35-30(40)31(19-22-6-2-3-7-23(22)20-36-38-34)28(26-13-10-24(32)18-27(26)33)43-29(37-31)21-8-11-25(12-9-21)42-17-5-15-39/h2-3,6-13,18,28,39H,4-5,14-17,19-20H2,1H3,(H,35,40)/t28-,31-/m1/s1. The van der Waals surface area contributed by atoms with E-state index in [0.29, 0.717) is 59.5 Å². The van der Waals surface area contributed by atoms with E-state index in [1.165, 1.54) is 0 Å². The third-order valence-corrected chi connectivity index (χ3v) is 7.53. The molecule has 2 atom stereocenters. The first-order valence-electron chi connectivity index (χ1n) is 13.8. The SMILES string of the molecule is COCCCNC(=O)[C@]1(Cc2ccccc2CN=[N+]=[N-])N=C(c2ccc(OCCCO)cc2)O[C@@H]1c1ccc(Cl)cc1Cl. The molecule has 43 heavy (non-hydrogen) atoms. The van der Waals surface area contributed by atoms with Gasteiger partial charge in [0, 0.05) is 65.8 Å². The molecule has 2 N–H and O–H groups in total. The summed E-state index contributed by atoms with van der Waals surface area (Å²) >= 11 is 12.9.